The lowest BCUT2D eigenvalue weighted by Crippen LogP contribution is -2.50. The molecule has 2 aromatic heterocycles. The third-order valence-corrected chi connectivity index (χ3v) is 7.36. The van der Waals surface area contributed by atoms with Crippen molar-refractivity contribution >= 4 is 5.91 Å². The molecule has 0 saturated carbocycles. The monoisotopic (exact) mass is 546 g/mol. The molecule has 2 bridgehead atoms. The lowest BCUT2D eigenvalue weighted by Gasteiger charge is -2.45. The minimum Gasteiger partial charge on any atom is -0.327 e. The standard InChI is InChI=1S/C26H20F6N6O/c1-36-24(13-9-18(27)22(29)19(28)10-13)17-12-15-3-2-4-21(23(17)35-36)37(15)25(39)16-11-14(26(30,31)32)5-6-20(16)38-33-7-8-34-38/h5-11,15,21H,2-4,12H2,1H3/t15-,21-/m1/s1. The molecule has 2 aromatic carbocycles. The van der Waals surface area contributed by atoms with E-state index in [0.29, 0.717) is 29.8 Å². The maximum atomic E-state index is 14.1. The molecule has 202 valence electrons. The molecule has 13 heteroatoms. The van der Waals surface area contributed by atoms with Gasteiger partial charge in [0.25, 0.3) is 5.91 Å². The summed E-state index contributed by atoms with van der Waals surface area (Å²) >= 11 is 0. The Morgan fingerprint density at radius 2 is 1.69 bits per heavy atom. The van der Waals surface area contributed by atoms with Crippen molar-refractivity contribution in [2.75, 3.05) is 0 Å². The predicted molar refractivity (Wildman–Crippen MR) is 125 cm³/mol. The Hall–Kier alpha value is -4.16. The Bertz CT molecular complexity index is 1570. The number of carbonyl (C=O) groups is 1. The summed E-state index contributed by atoms with van der Waals surface area (Å²) in [7, 11) is 1.58. The number of amides is 1. The largest absolute Gasteiger partial charge is 0.416 e. The zero-order valence-electron chi connectivity index (χ0n) is 20.4. The molecule has 0 unspecified atom stereocenters. The van der Waals surface area contributed by atoms with Crippen LogP contribution in [0.15, 0.2) is 42.7 Å². The van der Waals surface area contributed by atoms with Gasteiger partial charge < -0.3 is 4.90 Å². The van der Waals surface area contributed by atoms with Gasteiger partial charge in [0.1, 0.15) is 0 Å². The lowest BCUT2D eigenvalue weighted by atomic mass is 9.81. The van der Waals surface area contributed by atoms with Crippen LogP contribution < -0.4 is 0 Å². The Kier molecular flexibility index (Phi) is 5.77. The van der Waals surface area contributed by atoms with E-state index in [-0.39, 0.29) is 23.2 Å². The van der Waals surface area contributed by atoms with Crippen LogP contribution in [0.5, 0.6) is 0 Å². The maximum Gasteiger partial charge on any atom is 0.416 e. The van der Waals surface area contributed by atoms with Crippen molar-refractivity contribution in [3.8, 4) is 16.9 Å². The van der Waals surface area contributed by atoms with Gasteiger partial charge in [-0.25, -0.2) is 13.2 Å². The third kappa shape index (κ3) is 4.07. The van der Waals surface area contributed by atoms with Crippen molar-refractivity contribution in [2.45, 2.75) is 43.9 Å². The summed E-state index contributed by atoms with van der Waals surface area (Å²) in [5.41, 5.74) is 0.566. The van der Waals surface area contributed by atoms with E-state index < -0.39 is 47.2 Å². The molecule has 1 fully saturated rings. The zero-order valence-corrected chi connectivity index (χ0v) is 20.4. The van der Waals surface area contributed by atoms with Crippen LogP contribution in [0.3, 0.4) is 0 Å². The summed E-state index contributed by atoms with van der Waals surface area (Å²) in [6, 6.07) is 3.65. The first-order chi connectivity index (χ1) is 18.5. The zero-order chi connectivity index (χ0) is 27.6. The van der Waals surface area contributed by atoms with Crippen LogP contribution in [-0.4, -0.2) is 41.6 Å². The molecule has 6 rings (SSSR count). The lowest BCUT2D eigenvalue weighted by molar-refractivity contribution is -0.137. The molecule has 0 radical (unpaired) electrons. The summed E-state index contributed by atoms with van der Waals surface area (Å²) in [6.07, 6.45) is 0.0963. The van der Waals surface area contributed by atoms with E-state index in [1.807, 2.05) is 0 Å². The Labute approximate surface area is 217 Å². The van der Waals surface area contributed by atoms with Crippen molar-refractivity contribution < 1.29 is 31.1 Å². The number of fused-ring (bicyclic) bond motifs is 4. The van der Waals surface area contributed by atoms with Gasteiger partial charge in [-0.3, -0.25) is 9.48 Å². The van der Waals surface area contributed by atoms with Crippen LogP contribution in [-0.2, 0) is 19.6 Å². The fourth-order valence-electron chi connectivity index (χ4n) is 5.74. The van der Waals surface area contributed by atoms with E-state index in [1.54, 1.807) is 11.9 Å². The van der Waals surface area contributed by atoms with E-state index >= 15 is 0 Å². The number of benzene rings is 2. The molecule has 39 heavy (non-hydrogen) atoms. The number of piperidine rings is 1. The van der Waals surface area contributed by atoms with E-state index in [2.05, 4.69) is 15.3 Å². The van der Waals surface area contributed by atoms with Crippen molar-refractivity contribution in [1.29, 1.82) is 0 Å². The summed E-state index contributed by atoms with van der Waals surface area (Å²) in [4.78, 5) is 16.7. The molecule has 2 atom stereocenters. The average Bonchev–Trinajstić information content (AvgIpc) is 3.53. The minimum atomic E-state index is -4.67. The normalized spacial score (nSPS) is 18.8. The smallest absolute Gasteiger partial charge is 0.327 e. The molecule has 7 nitrogen and oxygen atoms in total. The van der Waals surface area contributed by atoms with Crippen LogP contribution in [0, 0.1) is 17.5 Å². The SMILES string of the molecule is Cn1nc2c(c1-c1cc(F)c(F)c(F)c1)C[C@H]1CCC[C@H]2N1C(=O)c1cc(C(F)(F)F)ccc1-n1nccn1. The number of carbonyl (C=O) groups excluding carboxylic acids is 1. The van der Waals surface area contributed by atoms with Gasteiger partial charge in [0.2, 0.25) is 0 Å². The number of aromatic nitrogens is 5. The number of aryl methyl sites for hydroxylation is 1. The van der Waals surface area contributed by atoms with Crippen LogP contribution in [0.25, 0.3) is 16.9 Å². The highest BCUT2D eigenvalue weighted by Crippen LogP contribution is 2.46. The summed E-state index contributed by atoms with van der Waals surface area (Å²) in [5.74, 6) is -4.87. The maximum absolute atomic E-state index is 14.1. The summed E-state index contributed by atoms with van der Waals surface area (Å²) < 4.78 is 84.0. The topological polar surface area (TPSA) is 68.8 Å². The van der Waals surface area contributed by atoms with Crippen LogP contribution >= 0.6 is 0 Å². The molecule has 1 saturated heterocycles. The van der Waals surface area contributed by atoms with Gasteiger partial charge in [-0.15, -0.1) is 0 Å². The van der Waals surface area contributed by atoms with Crippen molar-refractivity contribution in [3.63, 3.8) is 0 Å². The second-order valence-electron chi connectivity index (χ2n) is 9.66. The van der Waals surface area contributed by atoms with Gasteiger partial charge in [0, 0.05) is 24.2 Å². The molecule has 0 aliphatic carbocycles. The third-order valence-electron chi connectivity index (χ3n) is 7.36. The molecule has 0 spiro atoms. The first-order valence-electron chi connectivity index (χ1n) is 12.2. The quantitative estimate of drug-likeness (QED) is 0.255. The predicted octanol–water partition coefficient (Wildman–Crippen LogP) is 5.40. The molecule has 2 aliphatic heterocycles. The van der Waals surface area contributed by atoms with Gasteiger partial charge in [-0.05, 0) is 56.0 Å². The molecule has 2 aliphatic rings. The fraction of sp³-hybridized carbons (Fsp3) is 0.308. The number of hydrogen-bond donors (Lipinski definition) is 0. The van der Waals surface area contributed by atoms with Crippen molar-refractivity contribution in [1.82, 2.24) is 29.7 Å². The highest BCUT2D eigenvalue weighted by molar-refractivity contribution is 5.98. The molecule has 0 N–H and O–H groups in total. The second kappa shape index (κ2) is 8.95. The number of rotatable bonds is 3. The van der Waals surface area contributed by atoms with E-state index in [9.17, 15) is 31.1 Å². The second-order valence-corrected chi connectivity index (χ2v) is 9.66. The minimum absolute atomic E-state index is 0.0980. The van der Waals surface area contributed by atoms with E-state index in [4.69, 9.17) is 0 Å². The number of hydrogen-bond acceptors (Lipinski definition) is 4. The molecule has 1 amide bonds. The molecular formula is C26H20F6N6O. The number of nitrogens with zero attached hydrogens (tertiary/aromatic N) is 6. The van der Waals surface area contributed by atoms with Gasteiger partial charge in [-0.1, -0.05) is 0 Å². The van der Waals surface area contributed by atoms with Crippen LogP contribution in [0.1, 0.15) is 52.5 Å². The van der Waals surface area contributed by atoms with Crippen molar-refractivity contribution in [3.05, 3.63) is 82.6 Å². The Morgan fingerprint density at radius 1 is 1.00 bits per heavy atom. The summed E-state index contributed by atoms with van der Waals surface area (Å²) in [5, 5.41) is 12.5. The highest BCUT2D eigenvalue weighted by atomic mass is 19.4. The molecular weight excluding hydrogens is 526 g/mol. The molecule has 4 heterocycles. The highest BCUT2D eigenvalue weighted by Gasteiger charge is 2.44. The van der Waals surface area contributed by atoms with E-state index in [0.717, 1.165) is 41.5 Å². The van der Waals surface area contributed by atoms with Crippen LogP contribution in [0.4, 0.5) is 26.3 Å². The van der Waals surface area contributed by atoms with Crippen molar-refractivity contribution in [2.24, 2.45) is 7.05 Å². The average molecular weight is 546 g/mol. The summed E-state index contributed by atoms with van der Waals surface area (Å²) in [6.45, 7) is 0. The van der Waals surface area contributed by atoms with E-state index in [1.165, 1.54) is 17.1 Å². The Balaban J connectivity index is 1.46. The van der Waals surface area contributed by atoms with Crippen LogP contribution in [0.2, 0.25) is 0 Å². The number of halogens is 6. The van der Waals surface area contributed by atoms with Gasteiger partial charge in [0.15, 0.2) is 17.5 Å². The Morgan fingerprint density at radius 3 is 2.36 bits per heavy atom. The number of alkyl halides is 3. The van der Waals surface area contributed by atoms with Gasteiger partial charge in [-0.2, -0.15) is 33.3 Å². The first kappa shape index (κ1) is 25.1. The first-order valence-corrected chi connectivity index (χ1v) is 12.2. The fourth-order valence-corrected chi connectivity index (χ4v) is 5.74. The van der Waals surface area contributed by atoms with Gasteiger partial charge in [0.05, 0.1) is 46.6 Å². The van der Waals surface area contributed by atoms with Gasteiger partial charge >= 0.3 is 6.18 Å². The molecule has 4 aromatic rings.